The van der Waals surface area contributed by atoms with E-state index in [-0.39, 0.29) is 30.6 Å². The number of aryl methyl sites for hydroxylation is 1. The SMILES string of the molecule is N.Nc1nc2n(nc[n+]2CCP(=O)(O)O)c(=O)[nH]1. The van der Waals surface area contributed by atoms with E-state index in [4.69, 9.17) is 15.5 Å². The third-order valence-electron chi connectivity index (χ3n) is 2.03. The van der Waals surface area contributed by atoms with Gasteiger partial charge in [-0.15, -0.1) is 0 Å². The normalized spacial score (nSPS) is 11.4. The first-order valence-electron chi connectivity index (χ1n) is 4.54. The maximum atomic E-state index is 11.4. The van der Waals surface area contributed by atoms with Gasteiger partial charge in [0.05, 0.1) is 12.7 Å². The summed E-state index contributed by atoms with van der Waals surface area (Å²) in [7, 11) is -4.11. The summed E-state index contributed by atoms with van der Waals surface area (Å²) < 4.78 is 13.0. The molecule has 0 bridgehead atoms. The van der Waals surface area contributed by atoms with Crippen molar-refractivity contribution >= 4 is 19.3 Å². The molecule has 0 amide bonds. The Morgan fingerprint density at radius 2 is 2.22 bits per heavy atom. The van der Waals surface area contributed by atoms with Crippen LogP contribution in [-0.2, 0) is 11.1 Å². The standard InChI is InChI=1S/C6H9N6O4P.H3N/c7-4-9-5-11(1-2-17(14,15)16)3-8-12(5)6(13)10-4;/h3H,1-2H2,(H4,7,10,13,14,15,16);1H3/p+1. The number of nitrogen functional groups attached to an aromatic ring is 1. The van der Waals surface area contributed by atoms with Crippen LogP contribution in [0.4, 0.5) is 5.95 Å². The van der Waals surface area contributed by atoms with Crippen LogP contribution in [-0.4, -0.2) is 35.5 Å². The van der Waals surface area contributed by atoms with Gasteiger partial charge in [0.15, 0.2) is 0 Å². The van der Waals surface area contributed by atoms with Crippen molar-refractivity contribution in [3.8, 4) is 0 Å². The summed E-state index contributed by atoms with van der Waals surface area (Å²) in [5.74, 6) is 0.0348. The highest BCUT2D eigenvalue weighted by Gasteiger charge is 2.20. The summed E-state index contributed by atoms with van der Waals surface area (Å²) in [5.41, 5.74) is 4.79. The smallest absolute Gasteiger partial charge is 0.359 e. The fraction of sp³-hybridized carbons (Fsp3) is 0.333. The highest BCUT2D eigenvalue weighted by molar-refractivity contribution is 7.51. The van der Waals surface area contributed by atoms with Crippen LogP contribution in [0.15, 0.2) is 11.1 Å². The molecule has 0 saturated carbocycles. The molecule has 18 heavy (non-hydrogen) atoms. The number of fused-ring (bicyclic) bond motifs is 1. The molecule has 0 aliphatic carbocycles. The lowest BCUT2D eigenvalue weighted by atomic mass is 10.7. The van der Waals surface area contributed by atoms with Crippen molar-refractivity contribution in [2.45, 2.75) is 6.54 Å². The van der Waals surface area contributed by atoms with Gasteiger partial charge in [0.25, 0.3) is 5.95 Å². The van der Waals surface area contributed by atoms with Gasteiger partial charge in [0, 0.05) is 5.10 Å². The lowest BCUT2D eigenvalue weighted by Gasteiger charge is -2.00. The Morgan fingerprint density at radius 1 is 1.56 bits per heavy atom. The fourth-order valence-corrected chi connectivity index (χ4v) is 1.76. The van der Waals surface area contributed by atoms with Crippen LogP contribution in [0.2, 0.25) is 0 Å². The van der Waals surface area contributed by atoms with E-state index in [1.54, 1.807) is 0 Å². The van der Waals surface area contributed by atoms with Gasteiger partial charge in [-0.3, -0.25) is 9.55 Å². The van der Waals surface area contributed by atoms with Gasteiger partial charge in [-0.25, -0.2) is 9.36 Å². The minimum atomic E-state index is -4.11. The van der Waals surface area contributed by atoms with E-state index in [1.165, 1.54) is 10.9 Å². The molecule has 2 rings (SSSR count). The van der Waals surface area contributed by atoms with Crippen LogP contribution in [0.3, 0.4) is 0 Å². The number of rotatable bonds is 3. The number of hydrogen-bond donors (Lipinski definition) is 5. The van der Waals surface area contributed by atoms with Crippen molar-refractivity contribution in [3.05, 3.63) is 16.8 Å². The summed E-state index contributed by atoms with van der Waals surface area (Å²) in [4.78, 5) is 35.0. The Balaban J connectivity index is 0.00000162. The van der Waals surface area contributed by atoms with Crippen LogP contribution >= 0.6 is 7.60 Å². The van der Waals surface area contributed by atoms with Crippen LogP contribution in [0.5, 0.6) is 0 Å². The summed E-state index contributed by atoms with van der Waals surface area (Å²) in [6, 6.07) is 0. The average Bonchev–Trinajstić information content (AvgIpc) is 2.57. The van der Waals surface area contributed by atoms with E-state index in [9.17, 15) is 9.36 Å². The summed E-state index contributed by atoms with van der Waals surface area (Å²) in [6.07, 6.45) is 0.889. The van der Waals surface area contributed by atoms with Crippen LogP contribution in [0.1, 0.15) is 0 Å². The van der Waals surface area contributed by atoms with Crippen LogP contribution < -0.4 is 22.1 Å². The number of anilines is 1. The van der Waals surface area contributed by atoms with Gasteiger partial charge in [-0.1, -0.05) is 4.98 Å². The molecular formula is C6H13N7O4P+. The van der Waals surface area contributed by atoms with E-state index in [2.05, 4.69) is 15.1 Å². The lowest BCUT2D eigenvalue weighted by molar-refractivity contribution is -0.670. The van der Waals surface area contributed by atoms with Gasteiger partial charge in [-0.05, 0) is 4.52 Å². The van der Waals surface area contributed by atoms with Gasteiger partial charge in [0.1, 0.15) is 0 Å². The average molecular weight is 278 g/mol. The van der Waals surface area contributed by atoms with E-state index in [1.807, 2.05) is 0 Å². The second-order valence-corrected chi connectivity index (χ2v) is 5.13. The Hall–Kier alpha value is -1.81. The number of nitrogens with zero attached hydrogens (tertiary/aromatic N) is 4. The van der Waals surface area contributed by atoms with Gasteiger partial charge >= 0.3 is 19.1 Å². The third kappa shape index (κ3) is 2.90. The van der Waals surface area contributed by atoms with Crippen molar-refractivity contribution in [1.82, 2.24) is 25.7 Å². The zero-order chi connectivity index (χ0) is 12.6. The molecule has 0 saturated heterocycles. The van der Waals surface area contributed by atoms with Crippen molar-refractivity contribution in [1.29, 1.82) is 0 Å². The molecular weight excluding hydrogens is 265 g/mol. The van der Waals surface area contributed by atoms with Gasteiger partial charge in [-0.2, -0.15) is 0 Å². The van der Waals surface area contributed by atoms with Crippen molar-refractivity contribution in [3.63, 3.8) is 0 Å². The van der Waals surface area contributed by atoms with E-state index in [0.29, 0.717) is 0 Å². The molecule has 0 fully saturated rings. The maximum Gasteiger partial charge on any atom is 0.408 e. The Bertz CT molecular complexity index is 657. The fourth-order valence-electron chi connectivity index (χ4n) is 1.29. The molecule has 0 aliphatic heterocycles. The topological polar surface area (TPSA) is 185 Å². The second kappa shape index (κ2) is 4.82. The quantitative estimate of drug-likeness (QED) is 0.304. The summed E-state index contributed by atoms with van der Waals surface area (Å²) >= 11 is 0. The monoisotopic (exact) mass is 278 g/mol. The molecule has 12 heteroatoms. The number of nitrogens with two attached hydrogens (primary N) is 1. The number of H-pyrrole nitrogens is 1. The van der Waals surface area contributed by atoms with Crippen LogP contribution in [0, 0.1) is 0 Å². The first-order valence-corrected chi connectivity index (χ1v) is 6.34. The minimum Gasteiger partial charge on any atom is -0.359 e. The van der Waals surface area contributed by atoms with Crippen molar-refractivity contribution in [2.24, 2.45) is 0 Å². The highest BCUT2D eigenvalue weighted by Crippen LogP contribution is 2.33. The largest absolute Gasteiger partial charge is 0.408 e. The molecule has 0 atom stereocenters. The van der Waals surface area contributed by atoms with E-state index < -0.39 is 13.3 Å². The van der Waals surface area contributed by atoms with Crippen molar-refractivity contribution in [2.75, 3.05) is 11.9 Å². The molecule has 0 unspecified atom stereocenters. The number of aromatic amines is 1. The minimum absolute atomic E-state index is 0. The molecule has 2 aromatic heterocycles. The molecule has 0 aromatic carbocycles. The molecule has 11 nitrogen and oxygen atoms in total. The number of nitrogens with one attached hydrogen (secondary N) is 1. The maximum absolute atomic E-state index is 11.4. The van der Waals surface area contributed by atoms with Crippen LogP contribution in [0.25, 0.3) is 5.78 Å². The molecule has 2 aromatic rings. The lowest BCUT2D eigenvalue weighted by Crippen LogP contribution is -2.36. The zero-order valence-corrected chi connectivity index (χ0v) is 10.1. The number of aromatic nitrogens is 5. The molecule has 0 spiro atoms. The second-order valence-electron chi connectivity index (χ2n) is 3.35. The van der Waals surface area contributed by atoms with Crippen molar-refractivity contribution < 1.29 is 18.9 Å². The summed E-state index contributed by atoms with van der Waals surface area (Å²) in [6.45, 7) is -0.0102. The predicted octanol–water partition coefficient (Wildman–Crippen LogP) is -2.37. The first kappa shape index (κ1) is 14.3. The molecule has 2 heterocycles. The Labute approximate surface area is 100 Å². The van der Waals surface area contributed by atoms with E-state index in [0.717, 1.165) is 4.52 Å². The highest BCUT2D eigenvalue weighted by atomic mass is 31.2. The predicted molar refractivity (Wildman–Crippen MR) is 60.1 cm³/mol. The van der Waals surface area contributed by atoms with Gasteiger partial charge in [0.2, 0.25) is 6.33 Å². The summed E-state index contributed by atoms with van der Waals surface area (Å²) in [5, 5.41) is 3.72. The molecule has 0 aliphatic rings. The molecule has 8 N–H and O–H groups in total. The Kier molecular flexibility index (Phi) is 3.82. The zero-order valence-electron chi connectivity index (χ0n) is 9.22. The van der Waals surface area contributed by atoms with Gasteiger partial charge < -0.3 is 21.7 Å². The third-order valence-corrected chi connectivity index (χ3v) is 2.82. The van der Waals surface area contributed by atoms with E-state index >= 15 is 0 Å². The number of hydrogen-bond acceptors (Lipinski definition) is 6. The molecule has 0 radical (unpaired) electrons. The first-order chi connectivity index (χ1) is 7.87. The Morgan fingerprint density at radius 3 is 2.83 bits per heavy atom. The molecule has 100 valence electrons.